The van der Waals surface area contributed by atoms with Crippen LogP contribution in [0.4, 0.5) is 0 Å². The van der Waals surface area contributed by atoms with E-state index >= 15 is 0 Å². The highest BCUT2D eigenvalue weighted by atomic mass is 32.2. The van der Waals surface area contributed by atoms with E-state index in [0.29, 0.717) is 18.5 Å². The van der Waals surface area contributed by atoms with Crippen LogP contribution in [0.2, 0.25) is 0 Å². The number of carbonyl (C=O) groups excluding carboxylic acids is 1. The molecule has 0 aliphatic heterocycles. The first kappa shape index (κ1) is 7.78. The molecule has 0 fully saturated rings. The van der Waals surface area contributed by atoms with Crippen LogP contribution in [0.3, 0.4) is 0 Å². The number of nitrogens with zero attached hydrogens (tertiary/aromatic N) is 1. The lowest BCUT2D eigenvalue weighted by molar-refractivity contribution is -0.112. The Hall–Kier alpha value is -0.850. The number of rotatable bonds is 4. The number of carbonyl (C=O) groups is 1. The molecule has 5 nitrogen and oxygen atoms in total. The highest BCUT2D eigenvalue weighted by Crippen LogP contribution is 2.03. The van der Waals surface area contributed by atoms with Gasteiger partial charge in [-0.2, -0.15) is 0 Å². The van der Waals surface area contributed by atoms with E-state index in [9.17, 15) is 4.79 Å². The van der Waals surface area contributed by atoms with E-state index in [1.54, 1.807) is 6.20 Å². The van der Waals surface area contributed by atoms with Gasteiger partial charge in [-0.05, 0) is 0 Å². The van der Waals surface area contributed by atoms with Gasteiger partial charge in [0.2, 0.25) is 6.55 Å². The number of hydrogen-bond acceptors (Lipinski definition) is 5. The summed E-state index contributed by atoms with van der Waals surface area (Å²) in [6.45, 7) is 0. The summed E-state index contributed by atoms with van der Waals surface area (Å²) in [5.74, 6) is 0. The minimum Gasteiger partial charge on any atom is -0.348 e. The van der Waals surface area contributed by atoms with E-state index in [2.05, 4.69) is 14.5 Å². The number of hydrogen-bond donors (Lipinski definition) is 3. The van der Waals surface area contributed by atoms with Crippen molar-refractivity contribution in [2.75, 3.05) is 0 Å². The second kappa shape index (κ2) is 4.24. The Morgan fingerprint density at radius 3 is 3.50 bits per heavy atom. The van der Waals surface area contributed by atoms with Crippen LogP contribution in [0.5, 0.6) is 0 Å². The maximum absolute atomic E-state index is 11.0. The molecule has 0 saturated heterocycles. The molecule has 0 saturated carbocycles. The summed E-state index contributed by atoms with van der Waals surface area (Å²) in [5.41, 5.74) is 6.30. The Morgan fingerprint density at radius 1 is 2.08 bits per heavy atom. The highest BCUT2D eigenvalue weighted by Gasteiger charge is 2.14. The van der Waals surface area contributed by atoms with E-state index in [-0.39, 0.29) is 5.12 Å². The molecular weight excluding hydrogens is 178 g/mol. The van der Waals surface area contributed by atoms with Crippen LogP contribution in [0.25, 0.3) is 1.43 Å². The van der Waals surface area contributed by atoms with E-state index in [0.717, 1.165) is 5.69 Å². The topological polar surface area (TPSA) is 92.0 Å². The van der Waals surface area contributed by atoms with Crippen LogP contribution in [0.1, 0.15) is 5.69 Å². The van der Waals surface area contributed by atoms with Gasteiger partial charge in [0.15, 0.2) is 0 Å². The third kappa shape index (κ3) is 2.33. The molecule has 12 heavy (non-hydrogen) atoms. The van der Waals surface area contributed by atoms with E-state index < -0.39 is 6.04 Å². The van der Waals surface area contributed by atoms with E-state index in [4.69, 9.17) is 7.16 Å². The Bertz CT molecular complexity index is 267. The Balaban J connectivity index is 2.41. The van der Waals surface area contributed by atoms with E-state index in [1.165, 1.54) is 6.33 Å². The van der Waals surface area contributed by atoms with Crippen LogP contribution >= 0.6 is 12.0 Å². The molecule has 0 bridgehead atoms. The number of aromatic nitrogens is 2. The van der Waals surface area contributed by atoms with Crippen molar-refractivity contribution in [1.82, 2.24) is 9.97 Å². The van der Waals surface area contributed by atoms with Crippen LogP contribution in [0.15, 0.2) is 12.5 Å². The number of aromatic amines is 1. The van der Waals surface area contributed by atoms with Crippen molar-refractivity contribution in [2.24, 2.45) is 5.73 Å². The van der Waals surface area contributed by atoms with Gasteiger partial charge in [0, 0.05) is 18.3 Å². The maximum atomic E-state index is 11.0. The largest absolute Gasteiger partial charge is 0.348 e. The molecule has 0 unspecified atom stereocenters. The SMILES string of the molecule is [2H]OSC(=O)[C@@H](N)Cc1cnc[nH]1. The third-order valence-corrected chi connectivity index (χ3v) is 1.85. The van der Waals surface area contributed by atoms with Gasteiger partial charge in [-0.1, -0.05) is 0 Å². The molecular formula is C6H9N3O2S. The van der Waals surface area contributed by atoms with Gasteiger partial charge < -0.3 is 15.3 Å². The smallest absolute Gasteiger partial charge is 0.232 e. The van der Waals surface area contributed by atoms with Crippen molar-refractivity contribution in [3.8, 4) is 0 Å². The zero-order chi connectivity index (χ0) is 9.68. The van der Waals surface area contributed by atoms with Crippen LogP contribution in [-0.2, 0) is 11.2 Å². The van der Waals surface area contributed by atoms with Gasteiger partial charge >= 0.3 is 0 Å². The summed E-state index contributed by atoms with van der Waals surface area (Å²) in [5, 5.41) is -0.371. The standard InChI is InChI=1S/C6H9N3O2S/c7-5(6(10)12-11)1-4-2-8-3-9-4/h2-3,5,11H,1,7H2,(H,8,9)/t5-/m0/s1/i/hD. The van der Waals surface area contributed by atoms with Crippen molar-refractivity contribution >= 4 is 17.2 Å². The van der Waals surface area contributed by atoms with Gasteiger partial charge in [-0.25, -0.2) is 4.98 Å². The Kier molecular flexibility index (Phi) is 2.75. The number of imidazole rings is 1. The molecule has 4 N–H and O–H groups in total. The van der Waals surface area contributed by atoms with Crippen molar-refractivity contribution in [3.05, 3.63) is 18.2 Å². The molecule has 1 aromatic rings. The van der Waals surface area contributed by atoms with Gasteiger partial charge in [-0.15, -0.1) is 0 Å². The molecule has 0 amide bonds. The van der Waals surface area contributed by atoms with Crippen LogP contribution < -0.4 is 5.73 Å². The van der Waals surface area contributed by atoms with Crippen LogP contribution in [-0.4, -0.2) is 25.7 Å². The Labute approximate surface area is 75.1 Å². The maximum Gasteiger partial charge on any atom is 0.232 e. The summed E-state index contributed by atoms with van der Waals surface area (Å²) < 4.78 is 10.2. The molecule has 0 aliphatic carbocycles. The zero-order valence-electron chi connectivity index (χ0n) is 7.19. The highest BCUT2D eigenvalue weighted by molar-refractivity contribution is 8.08. The molecule has 0 aromatic carbocycles. The molecule has 0 aliphatic rings. The second-order valence-corrected chi connectivity index (χ2v) is 2.86. The summed E-state index contributed by atoms with van der Waals surface area (Å²) in [4.78, 5) is 17.6. The molecule has 66 valence electrons. The molecule has 1 atom stereocenters. The van der Waals surface area contributed by atoms with Gasteiger partial charge in [0.05, 0.1) is 24.4 Å². The summed E-state index contributed by atoms with van der Waals surface area (Å²) in [7, 11) is 0. The summed E-state index contributed by atoms with van der Waals surface area (Å²) >= 11 is 0.430. The molecule has 0 radical (unpaired) electrons. The summed E-state index contributed by atoms with van der Waals surface area (Å²) in [6, 6.07) is -0.671. The van der Waals surface area contributed by atoms with Crippen molar-refractivity contribution < 1.29 is 9.35 Å². The van der Waals surface area contributed by atoms with Gasteiger partial charge in [0.25, 0.3) is 0 Å². The molecule has 0 spiro atoms. The average Bonchev–Trinajstić information content (AvgIpc) is 2.57. The molecule has 1 aromatic heterocycles. The zero-order valence-corrected chi connectivity index (χ0v) is 7.00. The molecule has 1 rings (SSSR count). The molecule has 1 heterocycles. The molecule has 6 heteroatoms. The fourth-order valence-corrected chi connectivity index (χ4v) is 0.985. The minimum absolute atomic E-state index is 0.370. The fourth-order valence-electron chi connectivity index (χ4n) is 0.778. The lowest BCUT2D eigenvalue weighted by Gasteiger charge is -2.04. The number of H-pyrrole nitrogens is 1. The second-order valence-electron chi connectivity index (χ2n) is 2.29. The normalized spacial score (nSPS) is 13.9. The summed E-state index contributed by atoms with van der Waals surface area (Å²) in [6.07, 6.45) is 3.48. The number of nitrogens with one attached hydrogen (secondary N) is 1. The quantitative estimate of drug-likeness (QED) is 0.579. The van der Waals surface area contributed by atoms with Gasteiger partial charge in [-0.3, -0.25) is 4.79 Å². The van der Waals surface area contributed by atoms with Gasteiger partial charge in [0.1, 0.15) is 0 Å². The monoisotopic (exact) mass is 188 g/mol. The predicted octanol–water partition coefficient (Wildman–Crippen LogP) is 0.0123. The lowest BCUT2D eigenvalue weighted by Crippen LogP contribution is -2.30. The predicted molar refractivity (Wildman–Crippen MR) is 45.5 cm³/mol. The minimum atomic E-state index is -0.671. The number of nitrogens with two attached hydrogens (primary N) is 1. The first-order valence-corrected chi connectivity index (χ1v) is 4.04. The fraction of sp³-hybridized carbons (Fsp3) is 0.333. The third-order valence-electron chi connectivity index (χ3n) is 1.38. The van der Waals surface area contributed by atoms with Crippen molar-refractivity contribution in [1.29, 1.82) is 1.43 Å². The first-order chi connectivity index (χ1) is 6.24. The lowest BCUT2D eigenvalue weighted by atomic mass is 10.2. The first-order valence-electron chi connectivity index (χ1n) is 3.71. The van der Waals surface area contributed by atoms with Crippen molar-refractivity contribution in [2.45, 2.75) is 12.5 Å². The van der Waals surface area contributed by atoms with Crippen molar-refractivity contribution in [3.63, 3.8) is 0 Å². The van der Waals surface area contributed by atoms with E-state index in [1.807, 2.05) is 0 Å². The van der Waals surface area contributed by atoms with Crippen LogP contribution in [0, 0.1) is 0 Å². The Morgan fingerprint density at radius 2 is 2.92 bits per heavy atom. The average molecular weight is 188 g/mol.